The number of benzene rings is 2. The number of rotatable bonds is 5. The van der Waals surface area contributed by atoms with Gasteiger partial charge in [0.25, 0.3) is 0 Å². The Morgan fingerprint density at radius 3 is 2.32 bits per heavy atom. The van der Waals surface area contributed by atoms with E-state index >= 15 is 0 Å². The summed E-state index contributed by atoms with van der Waals surface area (Å²) in [4.78, 5) is 10.6. The molecule has 1 atom stereocenters. The van der Waals surface area contributed by atoms with Crippen molar-refractivity contribution in [1.82, 2.24) is 0 Å². The van der Waals surface area contributed by atoms with Crippen molar-refractivity contribution in [2.75, 3.05) is 0 Å². The van der Waals surface area contributed by atoms with Gasteiger partial charge >= 0.3 is 0 Å². The van der Waals surface area contributed by atoms with Crippen LogP contribution in [0.2, 0.25) is 0 Å². The molecular formula is C15H12I3NO3. The SMILES string of the molecule is NC(C=O)Cc1ccc(Oc2cc(I)c(O)c(I)c2)c(I)c1. The molecule has 0 radical (unpaired) electrons. The number of aldehydes is 1. The minimum Gasteiger partial charge on any atom is -0.506 e. The summed E-state index contributed by atoms with van der Waals surface area (Å²) in [5.74, 6) is 1.66. The van der Waals surface area contributed by atoms with E-state index < -0.39 is 6.04 Å². The van der Waals surface area contributed by atoms with Gasteiger partial charge in [-0.3, -0.25) is 0 Å². The summed E-state index contributed by atoms with van der Waals surface area (Å²) < 4.78 is 8.30. The number of phenols is 1. The second kappa shape index (κ2) is 8.11. The van der Waals surface area contributed by atoms with Crippen LogP contribution < -0.4 is 10.5 Å². The fourth-order valence-corrected chi connectivity index (χ4v) is 4.20. The molecule has 0 aliphatic carbocycles. The molecule has 0 aliphatic rings. The Labute approximate surface area is 169 Å². The lowest BCUT2D eigenvalue weighted by Gasteiger charge is -2.12. The van der Waals surface area contributed by atoms with Crippen molar-refractivity contribution in [3.63, 3.8) is 0 Å². The number of halogens is 3. The van der Waals surface area contributed by atoms with Crippen LogP contribution in [-0.2, 0) is 11.2 Å². The maximum Gasteiger partial charge on any atom is 0.142 e. The zero-order valence-electron chi connectivity index (χ0n) is 11.2. The van der Waals surface area contributed by atoms with Gasteiger partial charge in [0.15, 0.2) is 0 Å². The third kappa shape index (κ3) is 4.68. The van der Waals surface area contributed by atoms with Gasteiger partial charge in [0.1, 0.15) is 23.5 Å². The molecule has 0 spiro atoms. The van der Waals surface area contributed by atoms with Crippen LogP contribution in [0.15, 0.2) is 30.3 Å². The van der Waals surface area contributed by atoms with Crippen LogP contribution >= 0.6 is 67.8 Å². The quantitative estimate of drug-likeness (QED) is 0.385. The minimum absolute atomic E-state index is 0.265. The van der Waals surface area contributed by atoms with E-state index in [4.69, 9.17) is 10.5 Å². The summed E-state index contributed by atoms with van der Waals surface area (Å²) in [7, 11) is 0. The molecule has 1 unspecified atom stereocenters. The molecule has 116 valence electrons. The third-order valence-electron chi connectivity index (χ3n) is 2.86. The largest absolute Gasteiger partial charge is 0.506 e. The van der Waals surface area contributed by atoms with Gasteiger partial charge in [-0.05, 0) is 104 Å². The predicted molar refractivity (Wildman–Crippen MR) is 111 cm³/mol. The Balaban J connectivity index is 2.22. The Hall–Kier alpha value is -0.140. The lowest BCUT2D eigenvalue weighted by Crippen LogP contribution is -2.24. The molecule has 0 heterocycles. The average Bonchev–Trinajstić information content (AvgIpc) is 2.47. The summed E-state index contributed by atoms with van der Waals surface area (Å²) >= 11 is 6.32. The highest BCUT2D eigenvalue weighted by molar-refractivity contribution is 14.1. The van der Waals surface area contributed by atoms with Gasteiger partial charge in [-0.25, -0.2) is 0 Å². The molecular weight excluding hydrogens is 623 g/mol. The van der Waals surface area contributed by atoms with Crippen LogP contribution in [0.25, 0.3) is 0 Å². The van der Waals surface area contributed by atoms with Gasteiger partial charge in [0, 0.05) is 0 Å². The highest BCUT2D eigenvalue weighted by atomic mass is 127. The number of hydrogen-bond acceptors (Lipinski definition) is 4. The lowest BCUT2D eigenvalue weighted by molar-refractivity contribution is -0.108. The Morgan fingerprint density at radius 2 is 1.77 bits per heavy atom. The van der Waals surface area contributed by atoms with Crippen LogP contribution in [-0.4, -0.2) is 17.4 Å². The van der Waals surface area contributed by atoms with Crippen LogP contribution in [0.3, 0.4) is 0 Å². The second-order valence-corrected chi connectivity index (χ2v) is 8.09. The van der Waals surface area contributed by atoms with E-state index in [1.165, 1.54) is 0 Å². The zero-order chi connectivity index (χ0) is 16.3. The predicted octanol–water partition coefficient (Wildman–Crippen LogP) is 4.07. The normalized spacial score (nSPS) is 12.0. The monoisotopic (exact) mass is 635 g/mol. The van der Waals surface area contributed by atoms with Gasteiger partial charge in [0.2, 0.25) is 0 Å². The molecule has 0 aromatic heterocycles. The lowest BCUT2D eigenvalue weighted by atomic mass is 10.1. The molecule has 0 saturated heterocycles. The molecule has 22 heavy (non-hydrogen) atoms. The zero-order valence-corrected chi connectivity index (χ0v) is 17.7. The van der Waals surface area contributed by atoms with E-state index in [1.807, 2.05) is 18.2 Å². The number of phenolic OH excluding ortho intramolecular Hbond substituents is 1. The molecule has 2 aromatic rings. The average molecular weight is 635 g/mol. The number of carbonyl (C=O) groups is 1. The molecule has 0 fully saturated rings. The highest BCUT2D eigenvalue weighted by Crippen LogP contribution is 2.34. The van der Waals surface area contributed by atoms with Crippen LogP contribution in [0.5, 0.6) is 17.2 Å². The van der Waals surface area contributed by atoms with Crippen molar-refractivity contribution in [2.45, 2.75) is 12.5 Å². The van der Waals surface area contributed by atoms with Gasteiger partial charge in [-0.15, -0.1) is 0 Å². The summed E-state index contributed by atoms with van der Waals surface area (Å²) in [6.45, 7) is 0. The van der Waals surface area contributed by atoms with Crippen molar-refractivity contribution in [3.05, 3.63) is 46.6 Å². The third-order valence-corrected chi connectivity index (χ3v) is 5.35. The first-order valence-corrected chi connectivity index (χ1v) is 9.49. The molecule has 0 aliphatic heterocycles. The molecule has 2 rings (SSSR count). The molecule has 0 amide bonds. The maximum atomic E-state index is 10.6. The Morgan fingerprint density at radius 1 is 1.14 bits per heavy atom. The first-order chi connectivity index (χ1) is 10.4. The van der Waals surface area contributed by atoms with E-state index in [1.54, 1.807) is 12.1 Å². The van der Waals surface area contributed by atoms with Crippen molar-refractivity contribution >= 4 is 74.1 Å². The smallest absolute Gasteiger partial charge is 0.142 e. The molecule has 4 nitrogen and oxygen atoms in total. The van der Waals surface area contributed by atoms with Crippen molar-refractivity contribution in [3.8, 4) is 17.2 Å². The summed E-state index contributed by atoms with van der Waals surface area (Å²) in [5, 5.41) is 9.78. The van der Waals surface area contributed by atoms with Gasteiger partial charge in [-0.1, -0.05) is 6.07 Å². The van der Waals surface area contributed by atoms with Crippen LogP contribution in [0, 0.1) is 10.7 Å². The van der Waals surface area contributed by atoms with E-state index in [0.717, 1.165) is 28.3 Å². The number of ether oxygens (including phenoxy) is 1. The van der Waals surface area contributed by atoms with Crippen LogP contribution in [0.1, 0.15) is 5.56 Å². The van der Waals surface area contributed by atoms with Gasteiger partial charge in [0.05, 0.1) is 16.8 Å². The molecule has 0 bridgehead atoms. The molecule has 0 saturated carbocycles. The van der Waals surface area contributed by atoms with Crippen molar-refractivity contribution < 1.29 is 14.6 Å². The fraction of sp³-hybridized carbons (Fsp3) is 0.133. The standard InChI is InChI=1S/C15H12I3NO3/c16-11-4-8(3-9(19)7-20)1-2-14(11)22-10-5-12(17)15(21)13(18)6-10/h1-2,4-7,9,21H,3,19H2. The number of nitrogens with two attached hydrogens (primary N) is 1. The maximum absolute atomic E-state index is 10.6. The van der Waals surface area contributed by atoms with E-state index in [2.05, 4.69) is 67.8 Å². The Bertz CT molecular complexity index is 683. The molecule has 3 N–H and O–H groups in total. The van der Waals surface area contributed by atoms with Gasteiger partial charge in [-0.2, -0.15) is 0 Å². The van der Waals surface area contributed by atoms with Gasteiger partial charge < -0.3 is 20.4 Å². The van der Waals surface area contributed by atoms with Crippen LogP contribution in [0.4, 0.5) is 0 Å². The van der Waals surface area contributed by atoms with Crippen molar-refractivity contribution in [1.29, 1.82) is 0 Å². The van der Waals surface area contributed by atoms with E-state index in [-0.39, 0.29) is 5.75 Å². The molecule has 2 aromatic carbocycles. The topological polar surface area (TPSA) is 72.6 Å². The second-order valence-electron chi connectivity index (χ2n) is 4.61. The first kappa shape index (κ1) is 18.2. The number of aromatic hydroxyl groups is 1. The number of carbonyl (C=O) groups excluding carboxylic acids is 1. The van der Waals surface area contributed by atoms with Crippen molar-refractivity contribution in [2.24, 2.45) is 5.73 Å². The Kier molecular flexibility index (Phi) is 6.71. The highest BCUT2D eigenvalue weighted by Gasteiger charge is 2.10. The first-order valence-electron chi connectivity index (χ1n) is 6.26. The fourth-order valence-electron chi connectivity index (χ4n) is 1.80. The number of hydrogen-bond donors (Lipinski definition) is 2. The van der Waals surface area contributed by atoms with E-state index in [0.29, 0.717) is 12.2 Å². The summed E-state index contributed by atoms with van der Waals surface area (Å²) in [5.41, 5.74) is 6.63. The minimum atomic E-state index is -0.483. The van der Waals surface area contributed by atoms with E-state index in [9.17, 15) is 9.90 Å². The molecule has 7 heteroatoms. The summed E-state index contributed by atoms with van der Waals surface area (Å²) in [6, 6.07) is 8.80. The summed E-state index contributed by atoms with van der Waals surface area (Å²) in [6.07, 6.45) is 1.26.